The van der Waals surface area contributed by atoms with Gasteiger partial charge in [-0.3, -0.25) is 0 Å². The van der Waals surface area contributed by atoms with Crippen LogP contribution in [-0.2, 0) is 0 Å². The van der Waals surface area contributed by atoms with Crippen molar-refractivity contribution in [1.29, 1.82) is 0 Å². The molecule has 0 spiro atoms. The summed E-state index contributed by atoms with van der Waals surface area (Å²) in [6, 6.07) is 2.14. The van der Waals surface area contributed by atoms with Gasteiger partial charge in [-0.15, -0.1) is 0 Å². The zero-order valence-electron chi connectivity index (χ0n) is 11.1. The molecule has 1 rings (SSSR count). The number of nitrogens with two attached hydrogens (primary N) is 1. The first-order valence-corrected chi connectivity index (χ1v) is 6.55. The average molecular weight is 270 g/mol. The number of hydrogen-bond donors (Lipinski definition) is 2. The topological polar surface area (TPSA) is 55.1 Å². The molecule has 3 N–H and O–H groups in total. The fraction of sp³-hybridized carbons (Fsp3) is 0.500. The van der Waals surface area contributed by atoms with Gasteiger partial charge in [0.15, 0.2) is 0 Å². The summed E-state index contributed by atoms with van der Waals surface area (Å²) >= 11 is 0. The van der Waals surface area contributed by atoms with Crippen molar-refractivity contribution < 1.29 is 13.6 Å². The Balaban J connectivity index is 2.74. The van der Waals surface area contributed by atoms with Gasteiger partial charge in [-0.2, -0.15) is 0 Å². The molecule has 0 radical (unpaired) electrons. The van der Waals surface area contributed by atoms with Crippen LogP contribution in [0.2, 0.25) is 0 Å². The summed E-state index contributed by atoms with van der Waals surface area (Å²) in [5, 5.41) is 2.51. The van der Waals surface area contributed by atoms with E-state index in [1.807, 2.05) is 0 Å². The van der Waals surface area contributed by atoms with Crippen LogP contribution in [0.3, 0.4) is 0 Å². The van der Waals surface area contributed by atoms with Crippen molar-refractivity contribution in [2.45, 2.75) is 45.1 Å². The predicted octanol–water partition coefficient (Wildman–Crippen LogP) is 3.64. The molecule has 1 aromatic carbocycles. The first kappa shape index (κ1) is 15.4. The van der Waals surface area contributed by atoms with Crippen LogP contribution >= 0.6 is 0 Å². The van der Waals surface area contributed by atoms with Gasteiger partial charge in [-0.1, -0.05) is 38.7 Å². The third kappa shape index (κ3) is 5.24. The van der Waals surface area contributed by atoms with Crippen LogP contribution in [-0.4, -0.2) is 6.03 Å². The Kier molecular flexibility index (Phi) is 6.25. The Morgan fingerprint density at radius 1 is 1.32 bits per heavy atom. The summed E-state index contributed by atoms with van der Waals surface area (Å²) in [5.74, 6) is -1.29. The van der Waals surface area contributed by atoms with Crippen molar-refractivity contribution in [3.05, 3.63) is 35.4 Å². The van der Waals surface area contributed by atoms with Gasteiger partial charge >= 0.3 is 6.03 Å². The lowest BCUT2D eigenvalue weighted by Crippen LogP contribution is -2.33. The summed E-state index contributed by atoms with van der Waals surface area (Å²) < 4.78 is 26.6. The summed E-state index contributed by atoms with van der Waals surface area (Å²) in [4.78, 5) is 11.0. The van der Waals surface area contributed by atoms with Gasteiger partial charge in [-0.25, -0.2) is 13.6 Å². The van der Waals surface area contributed by atoms with Gasteiger partial charge in [0.25, 0.3) is 0 Å². The molecular weight excluding hydrogens is 250 g/mol. The van der Waals surface area contributed by atoms with E-state index in [1.165, 1.54) is 12.1 Å². The number of primary amides is 1. The molecule has 1 aromatic rings. The quantitative estimate of drug-likeness (QED) is 0.730. The minimum absolute atomic E-state index is 0.275. The predicted molar refractivity (Wildman–Crippen MR) is 70.6 cm³/mol. The molecule has 0 fully saturated rings. The van der Waals surface area contributed by atoms with Crippen LogP contribution in [0, 0.1) is 11.6 Å². The number of unbranched alkanes of at least 4 members (excludes halogenated alkanes) is 3. The van der Waals surface area contributed by atoms with Crippen molar-refractivity contribution in [3.8, 4) is 0 Å². The molecule has 0 saturated carbocycles. The highest BCUT2D eigenvalue weighted by atomic mass is 19.1. The van der Waals surface area contributed by atoms with Crippen molar-refractivity contribution in [2.24, 2.45) is 5.73 Å². The van der Waals surface area contributed by atoms with Crippen LogP contribution in [0.1, 0.15) is 50.6 Å². The third-order valence-electron chi connectivity index (χ3n) is 3.00. The fourth-order valence-electron chi connectivity index (χ4n) is 2.04. The second-order valence-corrected chi connectivity index (χ2v) is 4.58. The molecule has 0 aliphatic heterocycles. The van der Waals surface area contributed by atoms with Crippen molar-refractivity contribution in [1.82, 2.24) is 5.32 Å². The first-order chi connectivity index (χ1) is 9.04. The van der Waals surface area contributed by atoms with Gasteiger partial charge in [0.05, 0.1) is 6.04 Å². The molecule has 3 nitrogen and oxygen atoms in total. The van der Waals surface area contributed by atoms with E-state index in [1.54, 1.807) is 0 Å². The van der Waals surface area contributed by atoms with E-state index in [4.69, 9.17) is 5.73 Å². The second-order valence-electron chi connectivity index (χ2n) is 4.58. The van der Waals surface area contributed by atoms with E-state index in [0.29, 0.717) is 6.42 Å². The lowest BCUT2D eigenvalue weighted by atomic mass is 9.99. The molecule has 1 atom stereocenters. The number of carbonyl (C=O) groups is 1. The highest BCUT2D eigenvalue weighted by Crippen LogP contribution is 2.23. The Morgan fingerprint density at radius 3 is 2.63 bits per heavy atom. The summed E-state index contributed by atoms with van der Waals surface area (Å²) in [6.45, 7) is 2.10. The molecule has 0 aromatic heterocycles. The minimum atomic E-state index is -0.704. The summed E-state index contributed by atoms with van der Waals surface area (Å²) in [7, 11) is 0. The zero-order chi connectivity index (χ0) is 14.3. The molecule has 19 heavy (non-hydrogen) atoms. The molecule has 5 heteroatoms. The Labute approximate surface area is 112 Å². The van der Waals surface area contributed by atoms with E-state index in [-0.39, 0.29) is 5.56 Å². The minimum Gasteiger partial charge on any atom is -0.352 e. The highest BCUT2D eigenvalue weighted by Gasteiger charge is 2.17. The molecule has 0 aliphatic rings. The van der Waals surface area contributed by atoms with Crippen LogP contribution in [0.25, 0.3) is 0 Å². The zero-order valence-corrected chi connectivity index (χ0v) is 11.1. The largest absolute Gasteiger partial charge is 0.352 e. The molecule has 1 unspecified atom stereocenters. The smallest absolute Gasteiger partial charge is 0.312 e. The number of urea groups is 1. The van der Waals surface area contributed by atoms with Crippen LogP contribution in [0.5, 0.6) is 0 Å². The lowest BCUT2D eigenvalue weighted by Gasteiger charge is -2.18. The monoisotopic (exact) mass is 270 g/mol. The van der Waals surface area contributed by atoms with Gasteiger partial charge in [-0.05, 0) is 12.5 Å². The average Bonchev–Trinajstić information content (AvgIpc) is 2.33. The number of carbonyl (C=O) groups excluding carboxylic acids is 1. The maximum atomic E-state index is 13.7. The Hall–Kier alpha value is -1.65. The van der Waals surface area contributed by atoms with Gasteiger partial charge in [0.1, 0.15) is 11.6 Å². The van der Waals surface area contributed by atoms with Crippen LogP contribution in [0.15, 0.2) is 18.2 Å². The molecular formula is C14H20F2N2O. The molecule has 0 bridgehead atoms. The molecule has 106 valence electrons. The first-order valence-electron chi connectivity index (χ1n) is 6.55. The van der Waals surface area contributed by atoms with E-state index < -0.39 is 23.7 Å². The van der Waals surface area contributed by atoms with Gasteiger partial charge in [0, 0.05) is 11.6 Å². The highest BCUT2D eigenvalue weighted by molar-refractivity contribution is 5.72. The molecule has 0 heterocycles. The van der Waals surface area contributed by atoms with E-state index >= 15 is 0 Å². The second kappa shape index (κ2) is 7.71. The van der Waals surface area contributed by atoms with Crippen LogP contribution in [0.4, 0.5) is 13.6 Å². The molecule has 0 saturated heterocycles. The van der Waals surface area contributed by atoms with Gasteiger partial charge in [0.2, 0.25) is 0 Å². The molecule has 0 aliphatic carbocycles. The number of amides is 2. The van der Waals surface area contributed by atoms with Crippen molar-refractivity contribution in [3.63, 3.8) is 0 Å². The summed E-state index contributed by atoms with van der Waals surface area (Å²) in [5.41, 5.74) is 5.37. The lowest BCUT2D eigenvalue weighted by molar-refractivity contribution is 0.244. The molecule has 2 amide bonds. The van der Waals surface area contributed by atoms with Crippen molar-refractivity contribution >= 4 is 6.03 Å². The standard InChI is InChI=1S/C14H20F2N2O/c1-2-3-4-5-6-13(18-14(17)19)11-8-7-10(15)9-12(11)16/h7-9,13H,2-6H2,1H3,(H3,17,18,19). The number of benzene rings is 1. The Bertz CT molecular complexity index is 424. The van der Waals surface area contributed by atoms with E-state index in [9.17, 15) is 13.6 Å². The number of hydrogen-bond acceptors (Lipinski definition) is 1. The number of rotatable bonds is 7. The normalized spacial score (nSPS) is 12.2. The van der Waals surface area contributed by atoms with Crippen LogP contribution < -0.4 is 11.1 Å². The van der Waals surface area contributed by atoms with E-state index in [0.717, 1.165) is 31.7 Å². The van der Waals surface area contributed by atoms with Crippen molar-refractivity contribution in [2.75, 3.05) is 0 Å². The SMILES string of the molecule is CCCCCCC(NC(N)=O)c1ccc(F)cc1F. The Morgan fingerprint density at radius 2 is 2.05 bits per heavy atom. The fourth-order valence-corrected chi connectivity index (χ4v) is 2.04. The number of halogens is 2. The summed E-state index contributed by atoms with van der Waals surface area (Å²) in [6.07, 6.45) is 4.64. The maximum Gasteiger partial charge on any atom is 0.312 e. The third-order valence-corrected chi connectivity index (χ3v) is 3.00. The van der Waals surface area contributed by atoms with E-state index in [2.05, 4.69) is 12.2 Å². The number of nitrogens with one attached hydrogen (secondary N) is 1. The van der Waals surface area contributed by atoms with Gasteiger partial charge < -0.3 is 11.1 Å². The maximum absolute atomic E-state index is 13.7.